The number of thiazole rings is 1. The molecule has 1 rings (SSSR count). The molecular weight excluding hydrogens is 288 g/mol. The summed E-state index contributed by atoms with van der Waals surface area (Å²) in [5.74, 6) is -1.90. The van der Waals surface area contributed by atoms with E-state index in [1.807, 2.05) is 0 Å². The summed E-state index contributed by atoms with van der Waals surface area (Å²) in [4.78, 5) is 46.1. The Labute approximate surface area is 117 Å². The van der Waals surface area contributed by atoms with Crippen molar-refractivity contribution >= 4 is 29.2 Å². The Morgan fingerprint density at radius 3 is 2.65 bits per heavy atom. The first-order chi connectivity index (χ1) is 9.38. The summed E-state index contributed by atoms with van der Waals surface area (Å²) in [6.45, 7) is 0.0622. The summed E-state index contributed by atoms with van der Waals surface area (Å²) in [5, 5.41) is 15.0. The largest absolute Gasteiger partial charge is 0.480 e. The van der Waals surface area contributed by atoms with E-state index in [1.165, 1.54) is 0 Å². The van der Waals surface area contributed by atoms with Crippen LogP contribution in [0.5, 0.6) is 0 Å². The van der Waals surface area contributed by atoms with Gasteiger partial charge in [0, 0.05) is 17.5 Å². The first kappa shape index (κ1) is 15.7. The molecule has 0 aromatic carbocycles. The molecule has 1 aromatic rings. The van der Waals surface area contributed by atoms with Crippen molar-refractivity contribution < 1.29 is 19.5 Å². The first-order valence-electron chi connectivity index (χ1n) is 5.60. The summed E-state index contributed by atoms with van der Waals surface area (Å²) in [5.41, 5.74) is 5.43. The third-order valence-electron chi connectivity index (χ3n) is 2.29. The maximum absolute atomic E-state index is 11.5. The van der Waals surface area contributed by atoms with E-state index in [1.54, 1.807) is 5.38 Å². The number of rotatable bonds is 7. The second-order valence-corrected chi connectivity index (χ2v) is 4.74. The molecule has 1 aromatic heterocycles. The Hall–Kier alpha value is -2.36. The van der Waals surface area contributed by atoms with Crippen LogP contribution in [0.1, 0.15) is 18.5 Å². The fourth-order valence-electron chi connectivity index (χ4n) is 1.33. The van der Waals surface area contributed by atoms with Gasteiger partial charge in [-0.25, -0.2) is 9.59 Å². The van der Waals surface area contributed by atoms with Gasteiger partial charge in [0.15, 0.2) is 0 Å². The monoisotopic (exact) mass is 302 g/mol. The average molecular weight is 302 g/mol. The molecular formula is C10H14N4O5S. The van der Waals surface area contributed by atoms with E-state index in [9.17, 15) is 19.2 Å². The van der Waals surface area contributed by atoms with Crippen molar-refractivity contribution in [2.24, 2.45) is 5.73 Å². The zero-order valence-corrected chi connectivity index (χ0v) is 11.2. The minimum absolute atomic E-state index is 0.0622. The van der Waals surface area contributed by atoms with Crippen LogP contribution in [0.25, 0.3) is 0 Å². The standard InChI is InChI=1S/C10H14N4O5S/c11-7(15)2-1-6(8(16)17)14-9(18)12-3-5-4-20-10(19)13-5/h4,6H,1-3H2,(H2,11,15)(H,13,19)(H,16,17)(H2,12,14,18)/t6-/m0/s1. The number of carboxylic acids is 1. The molecule has 0 radical (unpaired) electrons. The lowest BCUT2D eigenvalue weighted by atomic mass is 10.1. The number of carbonyl (C=O) groups is 3. The minimum atomic E-state index is -1.26. The Bertz CT molecular complexity index is 552. The van der Waals surface area contributed by atoms with Crippen molar-refractivity contribution in [2.75, 3.05) is 0 Å². The Morgan fingerprint density at radius 1 is 1.45 bits per heavy atom. The molecule has 1 atom stereocenters. The SMILES string of the molecule is NC(=O)CC[C@H](NC(=O)NCc1csc(=O)[nH]1)C(=O)O. The van der Waals surface area contributed by atoms with Gasteiger partial charge in [-0.2, -0.15) is 0 Å². The van der Waals surface area contributed by atoms with Crippen LogP contribution in [-0.2, 0) is 16.1 Å². The molecule has 0 aliphatic carbocycles. The number of aliphatic carboxylic acids is 1. The normalized spacial score (nSPS) is 11.6. The van der Waals surface area contributed by atoms with Crippen LogP contribution in [0.2, 0.25) is 0 Å². The molecule has 1 heterocycles. The molecule has 0 aliphatic rings. The number of amides is 3. The topological polar surface area (TPSA) is 154 Å². The zero-order chi connectivity index (χ0) is 15.1. The maximum atomic E-state index is 11.5. The van der Waals surface area contributed by atoms with Crippen molar-refractivity contribution in [3.05, 3.63) is 20.7 Å². The van der Waals surface area contributed by atoms with Gasteiger partial charge >= 0.3 is 16.9 Å². The zero-order valence-electron chi connectivity index (χ0n) is 10.3. The number of nitrogens with one attached hydrogen (secondary N) is 3. The fourth-order valence-corrected chi connectivity index (χ4v) is 1.91. The number of nitrogens with two attached hydrogens (primary N) is 1. The van der Waals surface area contributed by atoms with Crippen LogP contribution in [0.4, 0.5) is 4.79 Å². The highest BCUT2D eigenvalue weighted by Gasteiger charge is 2.20. The van der Waals surface area contributed by atoms with E-state index in [0.717, 1.165) is 11.3 Å². The van der Waals surface area contributed by atoms with Crippen LogP contribution in [-0.4, -0.2) is 34.0 Å². The highest BCUT2D eigenvalue weighted by molar-refractivity contribution is 7.07. The molecule has 10 heteroatoms. The van der Waals surface area contributed by atoms with Gasteiger partial charge in [0.05, 0.1) is 6.54 Å². The van der Waals surface area contributed by atoms with Crippen molar-refractivity contribution in [2.45, 2.75) is 25.4 Å². The van der Waals surface area contributed by atoms with E-state index < -0.39 is 23.9 Å². The fraction of sp³-hybridized carbons (Fsp3) is 0.400. The quantitative estimate of drug-likeness (QED) is 0.435. The van der Waals surface area contributed by atoms with Gasteiger partial charge in [0.25, 0.3) is 0 Å². The van der Waals surface area contributed by atoms with Crippen LogP contribution in [0.15, 0.2) is 10.2 Å². The number of hydrogen-bond donors (Lipinski definition) is 5. The van der Waals surface area contributed by atoms with E-state index >= 15 is 0 Å². The summed E-state index contributed by atoms with van der Waals surface area (Å²) in [6.07, 6.45) is -0.234. The summed E-state index contributed by atoms with van der Waals surface area (Å²) >= 11 is 0.958. The number of carboxylic acid groups (broad SMARTS) is 1. The van der Waals surface area contributed by atoms with Gasteiger partial charge in [-0.05, 0) is 6.42 Å². The second-order valence-electron chi connectivity index (χ2n) is 3.90. The van der Waals surface area contributed by atoms with Crippen LogP contribution < -0.4 is 21.2 Å². The molecule has 0 saturated carbocycles. The van der Waals surface area contributed by atoms with Gasteiger partial charge in [0.1, 0.15) is 6.04 Å². The number of carbonyl (C=O) groups excluding carboxylic acids is 2. The molecule has 9 nitrogen and oxygen atoms in total. The summed E-state index contributed by atoms with van der Waals surface area (Å²) in [6, 6.07) is -1.92. The second kappa shape index (κ2) is 7.28. The lowest BCUT2D eigenvalue weighted by molar-refractivity contribution is -0.139. The number of hydrogen-bond acceptors (Lipinski definition) is 5. The van der Waals surface area contributed by atoms with Crippen LogP contribution in [0.3, 0.4) is 0 Å². The molecule has 0 unspecified atom stereocenters. The third kappa shape index (κ3) is 5.52. The van der Waals surface area contributed by atoms with Crippen LogP contribution in [0, 0.1) is 0 Å². The van der Waals surface area contributed by atoms with Crippen molar-refractivity contribution in [1.29, 1.82) is 0 Å². The minimum Gasteiger partial charge on any atom is -0.480 e. The van der Waals surface area contributed by atoms with Gasteiger partial charge in [-0.1, -0.05) is 11.3 Å². The molecule has 0 saturated heterocycles. The molecule has 0 fully saturated rings. The van der Waals surface area contributed by atoms with E-state index in [0.29, 0.717) is 5.69 Å². The summed E-state index contributed by atoms with van der Waals surface area (Å²) in [7, 11) is 0. The lowest BCUT2D eigenvalue weighted by Crippen LogP contribution is -2.46. The van der Waals surface area contributed by atoms with Crippen LogP contribution >= 0.6 is 11.3 Å². The Morgan fingerprint density at radius 2 is 2.15 bits per heavy atom. The smallest absolute Gasteiger partial charge is 0.326 e. The predicted octanol–water partition coefficient (Wildman–Crippen LogP) is -1.05. The number of aromatic nitrogens is 1. The van der Waals surface area contributed by atoms with Gasteiger partial charge in [0.2, 0.25) is 5.91 Å². The van der Waals surface area contributed by atoms with Crippen molar-refractivity contribution in [1.82, 2.24) is 15.6 Å². The predicted molar refractivity (Wildman–Crippen MR) is 70.2 cm³/mol. The van der Waals surface area contributed by atoms with E-state index in [4.69, 9.17) is 10.8 Å². The lowest BCUT2D eigenvalue weighted by Gasteiger charge is -2.14. The molecule has 20 heavy (non-hydrogen) atoms. The van der Waals surface area contributed by atoms with Crippen molar-refractivity contribution in [3.8, 4) is 0 Å². The summed E-state index contributed by atoms with van der Waals surface area (Å²) < 4.78 is 0. The van der Waals surface area contributed by atoms with Gasteiger partial charge in [-0.15, -0.1) is 0 Å². The third-order valence-corrected chi connectivity index (χ3v) is 3.01. The molecule has 3 amide bonds. The van der Waals surface area contributed by atoms with Gasteiger partial charge in [-0.3, -0.25) is 9.59 Å². The highest BCUT2D eigenvalue weighted by Crippen LogP contribution is 1.98. The number of aromatic amines is 1. The van der Waals surface area contributed by atoms with E-state index in [-0.39, 0.29) is 24.3 Å². The molecule has 110 valence electrons. The van der Waals surface area contributed by atoms with E-state index in [2.05, 4.69) is 15.6 Å². The molecule has 0 aliphatic heterocycles. The highest BCUT2D eigenvalue weighted by atomic mass is 32.1. The Kier molecular flexibility index (Phi) is 5.72. The average Bonchev–Trinajstić information content (AvgIpc) is 2.77. The molecule has 0 bridgehead atoms. The molecule has 6 N–H and O–H groups in total. The Balaban J connectivity index is 2.43. The first-order valence-corrected chi connectivity index (χ1v) is 6.48. The maximum Gasteiger partial charge on any atom is 0.326 e. The van der Waals surface area contributed by atoms with Gasteiger partial charge < -0.3 is 26.5 Å². The molecule has 0 spiro atoms. The number of urea groups is 1. The van der Waals surface area contributed by atoms with Crippen molar-refractivity contribution in [3.63, 3.8) is 0 Å². The number of H-pyrrole nitrogens is 1. The number of primary amides is 1.